The SMILES string of the molecule is C#CCN(CC(=O)O)c1c[nH]cn1. The third-order valence-electron chi connectivity index (χ3n) is 1.42. The number of anilines is 1. The van der Waals surface area contributed by atoms with Gasteiger partial charge in [0.05, 0.1) is 12.9 Å². The van der Waals surface area contributed by atoms with Crippen molar-refractivity contribution >= 4 is 11.8 Å². The first-order chi connectivity index (χ1) is 6.24. The van der Waals surface area contributed by atoms with Crippen molar-refractivity contribution in [3.63, 3.8) is 0 Å². The Morgan fingerprint density at radius 1 is 1.85 bits per heavy atom. The average molecular weight is 179 g/mol. The topological polar surface area (TPSA) is 69.2 Å². The summed E-state index contributed by atoms with van der Waals surface area (Å²) in [5.41, 5.74) is 0. The summed E-state index contributed by atoms with van der Waals surface area (Å²) in [7, 11) is 0. The largest absolute Gasteiger partial charge is 0.480 e. The molecule has 1 aromatic rings. The van der Waals surface area contributed by atoms with Crippen LogP contribution in [0.2, 0.25) is 0 Å². The minimum Gasteiger partial charge on any atom is -0.480 e. The van der Waals surface area contributed by atoms with E-state index in [9.17, 15) is 4.79 Å². The van der Waals surface area contributed by atoms with Crippen LogP contribution in [0.5, 0.6) is 0 Å². The Bertz CT molecular complexity index is 313. The minimum absolute atomic E-state index is 0.144. The normalized spacial score (nSPS) is 9.15. The Labute approximate surface area is 75.4 Å². The fourth-order valence-electron chi connectivity index (χ4n) is 0.917. The van der Waals surface area contributed by atoms with Crippen molar-refractivity contribution in [3.8, 4) is 12.3 Å². The number of hydrogen-bond donors (Lipinski definition) is 2. The Morgan fingerprint density at radius 2 is 2.62 bits per heavy atom. The van der Waals surface area contributed by atoms with E-state index in [0.29, 0.717) is 5.82 Å². The molecule has 2 N–H and O–H groups in total. The molecule has 0 radical (unpaired) electrons. The number of nitrogens with zero attached hydrogens (tertiary/aromatic N) is 2. The Morgan fingerprint density at radius 3 is 3.08 bits per heavy atom. The van der Waals surface area contributed by atoms with E-state index >= 15 is 0 Å². The van der Waals surface area contributed by atoms with Crippen LogP contribution in [0.4, 0.5) is 5.82 Å². The van der Waals surface area contributed by atoms with Crippen molar-refractivity contribution in [3.05, 3.63) is 12.5 Å². The van der Waals surface area contributed by atoms with Crippen LogP contribution in [0.1, 0.15) is 0 Å². The predicted molar refractivity (Wildman–Crippen MR) is 47.3 cm³/mol. The molecular weight excluding hydrogens is 170 g/mol. The lowest BCUT2D eigenvalue weighted by Crippen LogP contribution is -2.30. The zero-order valence-corrected chi connectivity index (χ0v) is 6.90. The van der Waals surface area contributed by atoms with Crippen LogP contribution < -0.4 is 4.90 Å². The van der Waals surface area contributed by atoms with Crippen molar-refractivity contribution in [1.82, 2.24) is 9.97 Å². The summed E-state index contributed by atoms with van der Waals surface area (Å²) in [6, 6.07) is 0. The molecule has 5 nitrogen and oxygen atoms in total. The lowest BCUT2D eigenvalue weighted by molar-refractivity contribution is -0.135. The number of aromatic nitrogens is 2. The number of aromatic amines is 1. The molecule has 0 atom stereocenters. The van der Waals surface area contributed by atoms with Gasteiger partial charge in [-0.05, 0) is 0 Å². The summed E-state index contributed by atoms with van der Waals surface area (Å²) < 4.78 is 0. The van der Waals surface area contributed by atoms with Gasteiger partial charge < -0.3 is 15.0 Å². The fourth-order valence-corrected chi connectivity index (χ4v) is 0.917. The molecule has 1 rings (SSSR count). The molecule has 0 aliphatic carbocycles. The van der Waals surface area contributed by atoms with Gasteiger partial charge in [0.25, 0.3) is 0 Å². The highest BCUT2D eigenvalue weighted by Crippen LogP contribution is 2.06. The van der Waals surface area contributed by atoms with Gasteiger partial charge in [-0.3, -0.25) is 4.79 Å². The molecular formula is C8H9N3O2. The first kappa shape index (κ1) is 9.13. The smallest absolute Gasteiger partial charge is 0.323 e. The predicted octanol–water partition coefficient (Wildman–Crippen LogP) is -0.0661. The quantitative estimate of drug-likeness (QED) is 0.635. The summed E-state index contributed by atoms with van der Waals surface area (Å²) in [6.45, 7) is 0.0895. The van der Waals surface area contributed by atoms with Crippen molar-refractivity contribution in [2.24, 2.45) is 0 Å². The molecule has 0 aliphatic heterocycles. The van der Waals surface area contributed by atoms with Crippen LogP contribution in [0.15, 0.2) is 12.5 Å². The molecule has 0 amide bonds. The van der Waals surface area contributed by atoms with Gasteiger partial charge >= 0.3 is 5.97 Å². The second-order valence-electron chi connectivity index (χ2n) is 2.38. The van der Waals surface area contributed by atoms with E-state index in [4.69, 9.17) is 11.5 Å². The van der Waals surface area contributed by atoms with Gasteiger partial charge in [0.15, 0.2) is 0 Å². The van der Waals surface area contributed by atoms with Crippen molar-refractivity contribution in [2.75, 3.05) is 18.0 Å². The number of rotatable bonds is 4. The van der Waals surface area contributed by atoms with E-state index in [-0.39, 0.29) is 13.1 Å². The van der Waals surface area contributed by atoms with Gasteiger partial charge in [-0.15, -0.1) is 6.42 Å². The van der Waals surface area contributed by atoms with Gasteiger partial charge in [0.1, 0.15) is 12.4 Å². The molecule has 1 aromatic heterocycles. The molecule has 0 spiro atoms. The maximum Gasteiger partial charge on any atom is 0.323 e. The summed E-state index contributed by atoms with van der Waals surface area (Å²) >= 11 is 0. The van der Waals surface area contributed by atoms with Gasteiger partial charge in [-0.2, -0.15) is 0 Å². The first-order valence-electron chi connectivity index (χ1n) is 3.63. The van der Waals surface area contributed by atoms with Gasteiger partial charge in [0.2, 0.25) is 0 Å². The maximum absolute atomic E-state index is 10.4. The van der Waals surface area contributed by atoms with Crippen LogP contribution in [0.3, 0.4) is 0 Å². The third-order valence-corrected chi connectivity index (χ3v) is 1.42. The van der Waals surface area contributed by atoms with E-state index in [1.54, 1.807) is 6.20 Å². The number of nitrogens with one attached hydrogen (secondary N) is 1. The fraction of sp³-hybridized carbons (Fsp3) is 0.250. The molecule has 5 heteroatoms. The number of imidazole rings is 1. The monoisotopic (exact) mass is 179 g/mol. The highest BCUT2D eigenvalue weighted by molar-refractivity contribution is 5.73. The lowest BCUT2D eigenvalue weighted by Gasteiger charge is -2.15. The standard InChI is InChI=1S/C8H9N3O2/c1-2-3-11(5-8(12)13)7-4-9-6-10-7/h1,4,6H,3,5H2,(H,9,10)(H,12,13). The number of carbonyl (C=O) groups is 1. The summed E-state index contributed by atoms with van der Waals surface area (Å²) in [5.74, 6) is 1.98. The molecule has 0 aliphatic rings. The number of terminal acetylenes is 1. The Balaban J connectivity index is 2.69. The number of carboxylic acid groups (broad SMARTS) is 1. The Kier molecular flexibility index (Phi) is 2.92. The molecule has 68 valence electrons. The second kappa shape index (κ2) is 4.16. The highest BCUT2D eigenvalue weighted by Gasteiger charge is 2.10. The second-order valence-corrected chi connectivity index (χ2v) is 2.38. The molecule has 0 bridgehead atoms. The van der Waals surface area contributed by atoms with E-state index in [0.717, 1.165) is 0 Å². The van der Waals surface area contributed by atoms with E-state index in [1.807, 2.05) is 0 Å². The zero-order valence-electron chi connectivity index (χ0n) is 6.90. The van der Waals surface area contributed by atoms with Crippen LogP contribution in [0, 0.1) is 12.3 Å². The maximum atomic E-state index is 10.4. The molecule has 0 saturated carbocycles. The molecule has 13 heavy (non-hydrogen) atoms. The summed E-state index contributed by atoms with van der Waals surface area (Å²) in [5, 5.41) is 8.56. The lowest BCUT2D eigenvalue weighted by atomic mass is 10.4. The summed E-state index contributed by atoms with van der Waals surface area (Å²) in [6.07, 6.45) is 8.16. The summed E-state index contributed by atoms with van der Waals surface area (Å²) in [4.78, 5) is 18.5. The van der Waals surface area contributed by atoms with E-state index < -0.39 is 5.97 Å². The van der Waals surface area contributed by atoms with E-state index in [1.165, 1.54) is 11.2 Å². The average Bonchev–Trinajstić information content (AvgIpc) is 2.54. The van der Waals surface area contributed by atoms with Gasteiger partial charge in [0, 0.05) is 6.20 Å². The van der Waals surface area contributed by atoms with Crippen molar-refractivity contribution < 1.29 is 9.90 Å². The molecule has 0 saturated heterocycles. The number of hydrogen-bond acceptors (Lipinski definition) is 3. The van der Waals surface area contributed by atoms with Gasteiger partial charge in [-0.25, -0.2) is 4.98 Å². The van der Waals surface area contributed by atoms with Gasteiger partial charge in [-0.1, -0.05) is 5.92 Å². The van der Waals surface area contributed by atoms with Crippen molar-refractivity contribution in [2.45, 2.75) is 0 Å². The van der Waals surface area contributed by atoms with E-state index in [2.05, 4.69) is 15.9 Å². The van der Waals surface area contributed by atoms with Crippen LogP contribution >= 0.6 is 0 Å². The van der Waals surface area contributed by atoms with Crippen molar-refractivity contribution in [1.29, 1.82) is 0 Å². The highest BCUT2D eigenvalue weighted by atomic mass is 16.4. The zero-order chi connectivity index (χ0) is 9.68. The number of carboxylic acids is 1. The molecule has 1 heterocycles. The van der Waals surface area contributed by atoms with Crippen LogP contribution in [-0.4, -0.2) is 34.1 Å². The molecule has 0 unspecified atom stereocenters. The third kappa shape index (κ3) is 2.52. The minimum atomic E-state index is -0.932. The molecule has 0 aromatic carbocycles. The van der Waals surface area contributed by atoms with Crippen LogP contribution in [-0.2, 0) is 4.79 Å². The first-order valence-corrected chi connectivity index (χ1v) is 3.63. The number of aliphatic carboxylic acids is 1. The Hall–Kier alpha value is -1.96. The van der Waals surface area contributed by atoms with Crippen LogP contribution in [0.25, 0.3) is 0 Å². The number of H-pyrrole nitrogens is 1. The molecule has 0 fully saturated rings.